The van der Waals surface area contributed by atoms with Crippen LogP contribution in [0.15, 0.2) is 11.6 Å². The van der Waals surface area contributed by atoms with Gasteiger partial charge >= 0.3 is 6.18 Å². The molecular formula is C10H11F3N2. The Morgan fingerprint density at radius 2 is 2.20 bits per heavy atom. The summed E-state index contributed by atoms with van der Waals surface area (Å²) in [7, 11) is 0. The van der Waals surface area contributed by atoms with E-state index >= 15 is 0 Å². The van der Waals surface area contributed by atoms with Crippen LogP contribution in [0.1, 0.15) is 19.3 Å². The Labute approximate surface area is 86.0 Å². The molecule has 5 heteroatoms. The lowest BCUT2D eigenvalue weighted by molar-refractivity contribution is -0.150. The molecule has 2 atom stereocenters. The van der Waals surface area contributed by atoms with Crippen molar-refractivity contribution in [3.8, 4) is 6.07 Å². The molecule has 0 unspecified atom stereocenters. The average Bonchev–Trinajstić information content (AvgIpc) is 2.37. The lowest BCUT2D eigenvalue weighted by atomic mass is 10.0. The van der Waals surface area contributed by atoms with E-state index in [1.165, 1.54) is 4.90 Å². The summed E-state index contributed by atoms with van der Waals surface area (Å²) in [5.74, 6) is 0. The van der Waals surface area contributed by atoms with Crippen molar-refractivity contribution >= 4 is 0 Å². The second-order valence-electron chi connectivity index (χ2n) is 4.09. The first kappa shape index (κ1) is 10.5. The second-order valence-corrected chi connectivity index (χ2v) is 4.09. The fourth-order valence-corrected chi connectivity index (χ4v) is 2.45. The van der Waals surface area contributed by atoms with Crippen LogP contribution in [0.25, 0.3) is 0 Å². The molecular weight excluding hydrogens is 205 g/mol. The van der Waals surface area contributed by atoms with Crippen molar-refractivity contribution in [3.63, 3.8) is 0 Å². The fourth-order valence-electron chi connectivity index (χ4n) is 2.45. The first-order valence-electron chi connectivity index (χ1n) is 4.93. The number of hydrogen-bond donors (Lipinski definition) is 0. The molecule has 0 aromatic carbocycles. The van der Waals surface area contributed by atoms with E-state index in [-0.39, 0.29) is 12.1 Å². The van der Waals surface area contributed by atoms with Crippen LogP contribution in [0.4, 0.5) is 13.2 Å². The maximum absolute atomic E-state index is 12.3. The number of alkyl halides is 3. The van der Waals surface area contributed by atoms with E-state index in [0.29, 0.717) is 12.0 Å². The number of nitriles is 1. The SMILES string of the molecule is N#CC1=C[C@H]2CC[C@@H](C1)N2CC(F)(F)F. The van der Waals surface area contributed by atoms with Gasteiger partial charge in [-0.1, -0.05) is 6.08 Å². The Hall–Kier alpha value is -1.02. The number of fused-ring (bicyclic) bond motifs is 2. The summed E-state index contributed by atoms with van der Waals surface area (Å²) >= 11 is 0. The Morgan fingerprint density at radius 1 is 1.47 bits per heavy atom. The van der Waals surface area contributed by atoms with Gasteiger partial charge in [0.2, 0.25) is 0 Å². The second kappa shape index (κ2) is 3.53. The standard InChI is InChI=1S/C10H11F3N2/c11-10(12,13)6-15-8-1-2-9(15)4-7(3-8)5-14/h3,8-9H,1-2,4,6H2/t8-,9+/m1/s1. The third-order valence-electron chi connectivity index (χ3n) is 3.05. The minimum absolute atomic E-state index is 0.0868. The quantitative estimate of drug-likeness (QED) is 0.672. The number of rotatable bonds is 1. The highest BCUT2D eigenvalue weighted by Crippen LogP contribution is 2.36. The summed E-state index contributed by atoms with van der Waals surface area (Å²) in [6.07, 6.45) is -0.467. The minimum Gasteiger partial charge on any atom is -0.285 e. The third kappa shape index (κ3) is 2.15. The molecule has 2 aliphatic heterocycles. The lowest BCUT2D eigenvalue weighted by Gasteiger charge is -2.32. The van der Waals surface area contributed by atoms with Crippen molar-refractivity contribution in [3.05, 3.63) is 11.6 Å². The first-order valence-corrected chi connectivity index (χ1v) is 4.93. The molecule has 0 aromatic rings. The maximum Gasteiger partial charge on any atom is 0.401 e. The number of halogens is 3. The van der Waals surface area contributed by atoms with E-state index in [0.717, 1.165) is 12.8 Å². The molecule has 0 aromatic heterocycles. The van der Waals surface area contributed by atoms with Gasteiger partial charge < -0.3 is 0 Å². The molecule has 0 amide bonds. The molecule has 15 heavy (non-hydrogen) atoms. The summed E-state index contributed by atoms with van der Waals surface area (Å²) < 4.78 is 36.8. The molecule has 2 nitrogen and oxygen atoms in total. The van der Waals surface area contributed by atoms with Gasteiger partial charge in [-0.15, -0.1) is 0 Å². The highest BCUT2D eigenvalue weighted by molar-refractivity contribution is 5.28. The molecule has 1 fully saturated rings. The molecule has 2 bridgehead atoms. The van der Waals surface area contributed by atoms with Crippen molar-refractivity contribution < 1.29 is 13.2 Å². The highest BCUT2D eigenvalue weighted by Gasteiger charge is 2.42. The molecule has 0 spiro atoms. The molecule has 1 saturated heterocycles. The predicted octanol–water partition coefficient (Wildman–Crippen LogP) is 2.24. The summed E-state index contributed by atoms with van der Waals surface area (Å²) in [4.78, 5) is 1.47. The Morgan fingerprint density at radius 3 is 2.73 bits per heavy atom. The molecule has 0 radical (unpaired) electrons. The minimum atomic E-state index is -4.14. The zero-order valence-electron chi connectivity index (χ0n) is 8.09. The van der Waals surface area contributed by atoms with E-state index in [1.807, 2.05) is 6.07 Å². The molecule has 2 rings (SSSR count). The monoisotopic (exact) mass is 216 g/mol. The van der Waals surface area contributed by atoms with Gasteiger partial charge in [0, 0.05) is 17.7 Å². The van der Waals surface area contributed by atoms with Crippen molar-refractivity contribution in [1.29, 1.82) is 5.26 Å². The first-order chi connectivity index (χ1) is 6.99. The van der Waals surface area contributed by atoms with Crippen LogP contribution in [0.5, 0.6) is 0 Å². The van der Waals surface area contributed by atoms with Gasteiger partial charge in [0.15, 0.2) is 0 Å². The Balaban J connectivity index is 2.12. The maximum atomic E-state index is 12.3. The molecule has 82 valence electrons. The van der Waals surface area contributed by atoms with E-state index in [1.54, 1.807) is 6.08 Å². The van der Waals surface area contributed by atoms with Crippen molar-refractivity contribution in [2.75, 3.05) is 6.54 Å². The molecule has 2 heterocycles. The normalized spacial score (nSPS) is 31.2. The van der Waals surface area contributed by atoms with Gasteiger partial charge in [-0.2, -0.15) is 18.4 Å². The van der Waals surface area contributed by atoms with Crippen LogP contribution < -0.4 is 0 Å². The lowest BCUT2D eigenvalue weighted by Crippen LogP contribution is -2.44. The van der Waals surface area contributed by atoms with E-state index in [9.17, 15) is 13.2 Å². The van der Waals surface area contributed by atoms with Crippen LogP contribution in [0.3, 0.4) is 0 Å². The Bertz CT molecular complexity index is 327. The van der Waals surface area contributed by atoms with Crippen LogP contribution in [-0.2, 0) is 0 Å². The third-order valence-corrected chi connectivity index (χ3v) is 3.05. The molecule has 0 saturated carbocycles. The van der Waals surface area contributed by atoms with Gasteiger partial charge in [-0.25, -0.2) is 0 Å². The van der Waals surface area contributed by atoms with Crippen LogP contribution in [-0.4, -0.2) is 29.7 Å². The topological polar surface area (TPSA) is 27.0 Å². The summed E-state index contributed by atoms with van der Waals surface area (Å²) in [5, 5.41) is 8.71. The zero-order chi connectivity index (χ0) is 11.1. The summed E-state index contributed by atoms with van der Waals surface area (Å²) in [6.45, 7) is -0.850. The van der Waals surface area contributed by atoms with Crippen molar-refractivity contribution in [2.24, 2.45) is 0 Å². The smallest absolute Gasteiger partial charge is 0.285 e. The molecule has 2 aliphatic rings. The van der Waals surface area contributed by atoms with E-state index < -0.39 is 12.7 Å². The van der Waals surface area contributed by atoms with Gasteiger partial charge in [-0.3, -0.25) is 4.90 Å². The van der Waals surface area contributed by atoms with Crippen LogP contribution in [0.2, 0.25) is 0 Å². The van der Waals surface area contributed by atoms with E-state index in [4.69, 9.17) is 5.26 Å². The molecule has 0 aliphatic carbocycles. The van der Waals surface area contributed by atoms with Gasteiger partial charge in [0.05, 0.1) is 12.6 Å². The number of nitrogens with zero attached hydrogens (tertiary/aromatic N) is 2. The Kier molecular flexibility index (Phi) is 2.47. The van der Waals surface area contributed by atoms with Crippen LogP contribution >= 0.6 is 0 Å². The highest BCUT2D eigenvalue weighted by atomic mass is 19.4. The predicted molar refractivity (Wildman–Crippen MR) is 47.9 cm³/mol. The van der Waals surface area contributed by atoms with Crippen molar-refractivity contribution in [2.45, 2.75) is 37.5 Å². The average molecular weight is 216 g/mol. The summed E-state index contributed by atoms with van der Waals surface area (Å²) in [5.41, 5.74) is 0.640. The molecule has 0 N–H and O–H groups in total. The number of hydrogen-bond acceptors (Lipinski definition) is 2. The summed E-state index contributed by atoms with van der Waals surface area (Å²) in [6, 6.07) is 1.77. The fraction of sp³-hybridized carbons (Fsp3) is 0.700. The van der Waals surface area contributed by atoms with Gasteiger partial charge in [-0.05, 0) is 19.3 Å². The van der Waals surface area contributed by atoms with Gasteiger partial charge in [0.1, 0.15) is 0 Å². The largest absolute Gasteiger partial charge is 0.401 e. The van der Waals surface area contributed by atoms with Crippen molar-refractivity contribution in [1.82, 2.24) is 4.90 Å². The van der Waals surface area contributed by atoms with Gasteiger partial charge in [0.25, 0.3) is 0 Å². The van der Waals surface area contributed by atoms with Crippen LogP contribution in [0, 0.1) is 11.3 Å². The zero-order valence-corrected chi connectivity index (χ0v) is 8.09. The van der Waals surface area contributed by atoms with E-state index in [2.05, 4.69) is 0 Å².